The molecule has 6 nitrogen and oxygen atoms in total. The molecule has 0 aromatic heterocycles. The van der Waals surface area contributed by atoms with Gasteiger partial charge in [-0.2, -0.15) is 0 Å². The van der Waals surface area contributed by atoms with Gasteiger partial charge < -0.3 is 9.84 Å². The van der Waals surface area contributed by atoms with E-state index in [0.717, 1.165) is 6.08 Å². The van der Waals surface area contributed by atoms with E-state index in [1.54, 1.807) is 0 Å². The molecule has 0 aliphatic rings. The van der Waals surface area contributed by atoms with Gasteiger partial charge in [-0.25, -0.2) is 4.79 Å². The SMILES string of the molecule is COc1ccc(/C=C\C(=O)O)c([N+](=O)[O-])c1. The number of rotatable bonds is 4. The molecule has 0 fully saturated rings. The van der Waals surface area contributed by atoms with Crippen LogP contribution in [0.25, 0.3) is 6.08 Å². The summed E-state index contributed by atoms with van der Waals surface area (Å²) in [5, 5.41) is 19.1. The number of methoxy groups -OCH3 is 1. The van der Waals surface area contributed by atoms with Crippen LogP contribution in [0.2, 0.25) is 0 Å². The van der Waals surface area contributed by atoms with Gasteiger partial charge in [0.2, 0.25) is 0 Å². The number of ether oxygens (including phenoxy) is 1. The Morgan fingerprint density at radius 2 is 2.25 bits per heavy atom. The maximum Gasteiger partial charge on any atom is 0.328 e. The molecule has 0 spiro atoms. The lowest BCUT2D eigenvalue weighted by atomic mass is 10.1. The van der Waals surface area contributed by atoms with Crippen molar-refractivity contribution in [2.45, 2.75) is 0 Å². The number of carboxylic acid groups (broad SMARTS) is 1. The molecule has 1 aromatic rings. The molecule has 0 radical (unpaired) electrons. The van der Waals surface area contributed by atoms with Crippen molar-refractivity contribution in [3.63, 3.8) is 0 Å². The number of carboxylic acids is 1. The minimum Gasteiger partial charge on any atom is -0.497 e. The van der Waals surface area contributed by atoms with Crippen molar-refractivity contribution in [3.05, 3.63) is 40.0 Å². The molecule has 0 saturated heterocycles. The fourth-order valence-corrected chi connectivity index (χ4v) is 1.11. The van der Waals surface area contributed by atoms with E-state index in [9.17, 15) is 14.9 Å². The Bertz CT molecular complexity index is 453. The monoisotopic (exact) mass is 223 g/mol. The summed E-state index contributed by atoms with van der Waals surface area (Å²) in [6.45, 7) is 0. The Kier molecular flexibility index (Phi) is 3.60. The largest absolute Gasteiger partial charge is 0.497 e. The number of benzene rings is 1. The molecule has 1 N–H and O–H groups in total. The summed E-state index contributed by atoms with van der Waals surface area (Å²) in [7, 11) is 1.39. The maximum absolute atomic E-state index is 10.7. The number of carbonyl (C=O) groups is 1. The van der Waals surface area contributed by atoms with Gasteiger partial charge in [-0.3, -0.25) is 10.1 Å². The maximum atomic E-state index is 10.7. The van der Waals surface area contributed by atoms with Crippen LogP contribution >= 0.6 is 0 Å². The van der Waals surface area contributed by atoms with E-state index < -0.39 is 10.9 Å². The second-order valence-corrected chi connectivity index (χ2v) is 2.85. The summed E-state index contributed by atoms with van der Waals surface area (Å²) in [5.41, 5.74) is 0.0186. The number of nitrogens with zero attached hydrogens (tertiary/aromatic N) is 1. The number of hydrogen-bond donors (Lipinski definition) is 1. The highest BCUT2D eigenvalue weighted by Gasteiger charge is 2.12. The Balaban J connectivity index is 3.18. The molecule has 0 amide bonds. The second-order valence-electron chi connectivity index (χ2n) is 2.85. The van der Waals surface area contributed by atoms with E-state index in [0.29, 0.717) is 5.75 Å². The molecular weight excluding hydrogens is 214 g/mol. The minimum absolute atomic E-state index is 0.197. The van der Waals surface area contributed by atoms with Crippen LogP contribution in [0.1, 0.15) is 5.56 Å². The fraction of sp³-hybridized carbons (Fsp3) is 0.100. The van der Waals surface area contributed by atoms with Crippen molar-refractivity contribution >= 4 is 17.7 Å². The average molecular weight is 223 g/mol. The van der Waals surface area contributed by atoms with Crippen LogP contribution < -0.4 is 4.74 Å². The first-order valence-electron chi connectivity index (χ1n) is 4.28. The minimum atomic E-state index is -1.16. The molecule has 0 bridgehead atoms. The van der Waals surface area contributed by atoms with Crippen LogP contribution in [0.4, 0.5) is 5.69 Å². The van der Waals surface area contributed by atoms with Crippen molar-refractivity contribution in [1.82, 2.24) is 0 Å². The molecule has 1 rings (SSSR count). The van der Waals surface area contributed by atoms with Crippen molar-refractivity contribution in [1.29, 1.82) is 0 Å². The first-order valence-corrected chi connectivity index (χ1v) is 4.28. The van der Waals surface area contributed by atoms with E-state index in [4.69, 9.17) is 9.84 Å². The Hall–Kier alpha value is -2.37. The predicted molar refractivity (Wildman–Crippen MR) is 56.3 cm³/mol. The van der Waals surface area contributed by atoms with Gasteiger partial charge in [-0.15, -0.1) is 0 Å². The molecule has 84 valence electrons. The zero-order chi connectivity index (χ0) is 12.1. The molecule has 6 heteroatoms. The lowest BCUT2D eigenvalue weighted by molar-refractivity contribution is -0.385. The molecule has 0 saturated carbocycles. The molecule has 0 atom stereocenters. The second kappa shape index (κ2) is 4.92. The zero-order valence-corrected chi connectivity index (χ0v) is 8.41. The number of nitro groups is 1. The smallest absolute Gasteiger partial charge is 0.328 e. The third-order valence-corrected chi connectivity index (χ3v) is 1.84. The topological polar surface area (TPSA) is 89.7 Å². The lowest BCUT2D eigenvalue weighted by Gasteiger charge is -2.01. The highest BCUT2D eigenvalue weighted by Crippen LogP contribution is 2.25. The van der Waals surface area contributed by atoms with Crippen LogP contribution in [0, 0.1) is 10.1 Å². The van der Waals surface area contributed by atoms with Gasteiger partial charge in [0.1, 0.15) is 5.75 Å². The van der Waals surface area contributed by atoms with E-state index >= 15 is 0 Å². The third kappa shape index (κ3) is 2.81. The van der Waals surface area contributed by atoms with Crippen molar-refractivity contribution in [2.75, 3.05) is 7.11 Å². The van der Waals surface area contributed by atoms with Crippen LogP contribution in [-0.2, 0) is 4.79 Å². The molecule has 0 aliphatic heterocycles. The standard InChI is InChI=1S/C10H9NO5/c1-16-8-4-2-7(3-5-10(12)13)9(6-8)11(14)15/h2-6H,1H3,(H,12,13)/b5-3-. The fourth-order valence-electron chi connectivity index (χ4n) is 1.11. The summed E-state index contributed by atoms with van der Waals surface area (Å²) in [4.78, 5) is 20.4. The Labute approximate surface area is 90.9 Å². The molecule has 16 heavy (non-hydrogen) atoms. The summed E-state index contributed by atoms with van der Waals surface area (Å²) in [5.74, 6) is -0.815. The summed E-state index contributed by atoms with van der Waals surface area (Å²) in [6, 6.07) is 4.19. The zero-order valence-electron chi connectivity index (χ0n) is 8.41. The summed E-state index contributed by atoms with van der Waals surface area (Å²) in [6.07, 6.45) is 2.01. The van der Waals surface area contributed by atoms with Crippen molar-refractivity contribution < 1.29 is 19.6 Å². The summed E-state index contributed by atoms with van der Waals surface area (Å²) < 4.78 is 4.84. The van der Waals surface area contributed by atoms with Crippen LogP contribution in [0.3, 0.4) is 0 Å². The predicted octanol–water partition coefficient (Wildman–Crippen LogP) is 1.70. The van der Waals surface area contributed by atoms with E-state index in [1.165, 1.54) is 31.4 Å². The van der Waals surface area contributed by atoms with Crippen LogP contribution in [0.5, 0.6) is 5.75 Å². The number of nitro benzene ring substituents is 1. The quantitative estimate of drug-likeness (QED) is 0.476. The van der Waals surface area contributed by atoms with Crippen molar-refractivity contribution in [3.8, 4) is 5.75 Å². The van der Waals surface area contributed by atoms with Gasteiger partial charge >= 0.3 is 5.97 Å². The molecule has 1 aromatic carbocycles. The van der Waals surface area contributed by atoms with Crippen LogP contribution in [0.15, 0.2) is 24.3 Å². The van der Waals surface area contributed by atoms with Crippen LogP contribution in [-0.4, -0.2) is 23.1 Å². The van der Waals surface area contributed by atoms with Crippen molar-refractivity contribution in [2.24, 2.45) is 0 Å². The van der Waals surface area contributed by atoms with E-state index in [-0.39, 0.29) is 11.3 Å². The van der Waals surface area contributed by atoms with E-state index in [2.05, 4.69) is 0 Å². The number of aliphatic carboxylic acids is 1. The first-order chi connectivity index (χ1) is 7.54. The highest BCUT2D eigenvalue weighted by atomic mass is 16.6. The highest BCUT2D eigenvalue weighted by molar-refractivity contribution is 5.86. The Morgan fingerprint density at radius 3 is 2.75 bits per heavy atom. The molecule has 0 aliphatic carbocycles. The Morgan fingerprint density at radius 1 is 1.56 bits per heavy atom. The van der Waals surface area contributed by atoms with Gasteiger partial charge in [0.05, 0.1) is 23.7 Å². The summed E-state index contributed by atoms with van der Waals surface area (Å²) >= 11 is 0. The molecular formula is C10H9NO5. The van der Waals surface area contributed by atoms with E-state index in [1.807, 2.05) is 0 Å². The van der Waals surface area contributed by atoms with Gasteiger partial charge in [0.15, 0.2) is 0 Å². The van der Waals surface area contributed by atoms with Gasteiger partial charge in [-0.1, -0.05) is 0 Å². The lowest BCUT2D eigenvalue weighted by Crippen LogP contribution is -1.94. The normalized spacial score (nSPS) is 10.3. The average Bonchev–Trinajstić information content (AvgIpc) is 2.25. The van der Waals surface area contributed by atoms with Gasteiger partial charge in [-0.05, 0) is 18.2 Å². The van der Waals surface area contributed by atoms with Gasteiger partial charge in [0.25, 0.3) is 5.69 Å². The van der Waals surface area contributed by atoms with Gasteiger partial charge in [0, 0.05) is 6.08 Å². The number of hydrogen-bond acceptors (Lipinski definition) is 4. The molecule has 0 unspecified atom stereocenters. The third-order valence-electron chi connectivity index (χ3n) is 1.84. The first kappa shape index (κ1) is 11.7. The molecule has 0 heterocycles.